The number of hydrogen-bond acceptors (Lipinski definition) is 3. The highest BCUT2D eigenvalue weighted by Crippen LogP contribution is 2.31. The molecule has 2 saturated heterocycles. The van der Waals surface area contributed by atoms with E-state index < -0.39 is 0 Å². The van der Waals surface area contributed by atoms with Crippen LogP contribution in [0.2, 0.25) is 0 Å². The lowest BCUT2D eigenvalue weighted by atomic mass is 10.2. The van der Waals surface area contributed by atoms with Crippen LogP contribution < -0.4 is 5.32 Å². The fourth-order valence-corrected chi connectivity index (χ4v) is 2.77. The van der Waals surface area contributed by atoms with Crippen LogP contribution in [0.25, 0.3) is 0 Å². The Balaban J connectivity index is 1.64. The van der Waals surface area contributed by atoms with Crippen LogP contribution in [0.15, 0.2) is 0 Å². The molecule has 1 atom stereocenters. The molecule has 0 aromatic heterocycles. The topological polar surface area (TPSA) is 35.6 Å². The van der Waals surface area contributed by atoms with Crippen molar-refractivity contribution in [3.05, 3.63) is 0 Å². The number of carbonyl (C=O) groups excluding carboxylic acids is 1. The first-order chi connectivity index (χ1) is 7.36. The molecule has 1 saturated carbocycles. The molecule has 1 aliphatic carbocycles. The maximum Gasteiger partial charge on any atom is 0.240 e. The first-order valence-corrected chi connectivity index (χ1v) is 6.11. The van der Waals surface area contributed by atoms with Crippen LogP contribution in [-0.2, 0) is 4.79 Å². The average molecular weight is 209 g/mol. The van der Waals surface area contributed by atoms with Crippen LogP contribution in [0.5, 0.6) is 0 Å². The van der Waals surface area contributed by atoms with Gasteiger partial charge in [-0.2, -0.15) is 0 Å². The van der Waals surface area contributed by atoms with E-state index in [0.29, 0.717) is 11.9 Å². The van der Waals surface area contributed by atoms with Gasteiger partial charge in [0.05, 0.1) is 6.04 Å². The number of nitrogens with one attached hydrogen (secondary N) is 1. The Morgan fingerprint density at radius 2 is 1.80 bits per heavy atom. The maximum atomic E-state index is 12.2. The summed E-state index contributed by atoms with van der Waals surface area (Å²) in [5.74, 6) is 0.402. The molecule has 1 N–H and O–H groups in total. The van der Waals surface area contributed by atoms with Gasteiger partial charge in [0.1, 0.15) is 0 Å². The van der Waals surface area contributed by atoms with Crippen LogP contribution in [-0.4, -0.2) is 60.5 Å². The van der Waals surface area contributed by atoms with Gasteiger partial charge in [-0.1, -0.05) is 0 Å². The molecule has 3 fully saturated rings. The van der Waals surface area contributed by atoms with Gasteiger partial charge in [-0.25, -0.2) is 0 Å². The van der Waals surface area contributed by atoms with E-state index in [2.05, 4.69) is 15.1 Å². The molecule has 0 spiro atoms. The van der Waals surface area contributed by atoms with Gasteiger partial charge < -0.3 is 10.2 Å². The minimum Gasteiger partial charge on any atom is -0.338 e. The highest BCUT2D eigenvalue weighted by molar-refractivity contribution is 5.84. The van der Waals surface area contributed by atoms with Crippen molar-refractivity contribution in [2.24, 2.45) is 0 Å². The van der Waals surface area contributed by atoms with E-state index >= 15 is 0 Å². The Morgan fingerprint density at radius 1 is 1.07 bits per heavy atom. The smallest absolute Gasteiger partial charge is 0.240 e. The van der Waals surface area contributed by atoms with Gasteiger partial charge >= 0.3 is 0 Å². The van der Waals surface area contributed by atoms with Crippen molar-refractivity contribution in [1.29, 1.82) is 0 Å². The summed E-state index contributed by atoms with van der Waals surface area (Å²) >= 11 is 0. The summed E-state index contributed by atoms with van der Waals surface area (Å²) in [6.45, 7) is 5.14. The number of rotatable bonds is 2. The predicted molar refractivity (Wildman–Crippen MR) is 57.6 cm³/mol. The largest absolute Gasteiger partial charge is 0.338 e. The zero-order valence-electron chi connectivity index (χ0n) is 9.11. The number of nitrogens with zero attached hydrogens (tertiary/aromatic N) is 2. The second-order valence-electron chi connectivity index (χ2n) is 4.85. The molecule has 15 heavy (non-hydrogen) atoms. The van der Waals surface area contributed by atoms with Gasteiger partial charge in [-0.05, 0) is 19.3 Å². The van der Waals surface area contributed by atoms with E-state index in [1.165, 1.54) is 12.8 Å². The number of hydrogen-bond donors (Lipinski definition) is 1. The first kappa shape index (κ1) is 9.60. The summed E-state index contributed by atoms with van der Waals surface area (Å²) in [5, 5.41) is 3.33. The SMILES string of the molecule is O=C1[C@H](N2CCNCC2)CCN1C1CC1. The molecule has 84 valence electrons. The van der Waals surface area contributed by atoms with E-state index in [4.69, 9.17) is 0 Å². The quantitative estimate of drug-likeness (QED) is 0.675. The summed E-state index contributed by atoms with van der Waals surface area (Å²) < 4.78 is 0. The molecule has 4 nitrogen and oxygen atoms in total. The standard InChI is InChI=1S/C11H19N3O/c15-11-10(13-7-4-12-5-8-13)3-6-14(11)9-1-2-9/h9-10,12H,1-8H2/t10-/m1/s1. The molecular formula is C11H19N3O. The Morgan fingerprint density at radius 3 is 2.47 bits per heavy atom. The van der Waals surface area contributed by atoms with Crippen molar-refractivity contribution in [3.63, 3.8) is 0 Å². The molecule has 3 rings (SSSR count). The number of amides is 1. The third-order valence-corrected chi connectivity index (χ3v) is 3.79. The van der Waals surface area contributed by atoms with Crippen LogP contribution in [0.3, 0.4) is 0 Å². The fraction of sp³-hybridized carbons (Fsp3) is 0.909. The molecule has 0 radical (unpaired) electrons. The monoisotopic (exact) mass is 209 g/mol. The lowest BCUT2D eigenvalue weighted by molar-refractivity contribution is -0.132. The highest BCUT2D eigenvalue weighted by Gasteiger charge is 2.42. The van der Waals surface area contributed by atoms with Crippen molar-refractivity contribution in [3.8, 4) is 0 Å². The summed E-state index contributed by atoms with van der Waals surface area (Å²) in [7, 11) is 0. The molecule has 4 heteroatoms. The second-order valence-corrected chi connectivity index (χ2v) is 4.85. The van der Waals surface area contributed by atoms with Crippen LogP contribution in [0.1, 0.15) is 19.3 Å². The van der Waals surface area contributed by atoms with Crippen LogP contribution >= 0.6 is 0 Å². The van der Waals surface area contributed by atoms with Crippen molar-refractivity contribution in [2.45, 2.75) is 31.3 Å². The summed E-state index contributed by atoms with van der Waals surface area (Å²) in [5.41, 5.74) is 0. The molecule has 0 aromatic rings. The van der Waals surface area contributed by atoms with E-state index in [1.807, 2.05) is 0 Å². The van der Waals surface area contributed by atoms with Gasteiger partial charge in [-0.15, -0.1) is 0 Å². The normalized spacial score (nSPS) is 33.7. The van der Waals surface area contributed by atoms with E-state index in [-0.39, 0.29) is 6.04 Å². The molecular weight excluding hydrogens is 190 g/mol. The Hall–Kier alpha value is -0.610. The van der Waals surface area contributed by atoms with E-state index in [9.17, 15) is 4.79 Å². The van der Waals surface area contributed by atoms with Crippen molar-refractivity contribution in [1.82, 2.24) is 15.1 Å². The number of likely N-dealkylation sites (tertiary alicyclic amines) is 1. The van der Waals surface area contributed by atoms with Gasteiger partial charge in [-0.3, -0.25) is 9.69 Å². The van der Waals surface area contributed by atoms with E-state index in [1.54, 1.807) is 0 Å². The summed E-state index contributed by atoms with van der Waals surface area (Å²) in [6, 6.07) is 0.804. The predicted octanol–water partition coefficient (Wildman–Crippen LogP) is -0.345. The second kappa shape index (κ2) is 3.76. The van der Waals surface area contributed by atoms with Crippen LogP contribution in [0, 0.1) is 0 Å². The molecule has 1 amide bonds. The first-order valence-electron chi connectivity index (χ1n) is 6.11. The fourth-order valence-electron chi connectivity index (χ4n) is 2.77. The van der Waals surface area contributed by atoms with Crippen molar-refractivity contribution >= 4 is 5.91 Å². The molecule has 0 bridgehead atoms. The minimum absolute atomic E-state index is 0.202. The van der Waals surface area contributed by atoms with Gasteiger partial charge in [0.15, 0.2) is 0 Å². The zero-order chi connectivity index (χ0) is 10.3. The van der Waals surface area contributed by atoms with Crippen molar-refractivity contribution < 1.29 is 4.79 Å². The average Bonchev–Trinajstić information content (AvgIpc) is 3.04. The summed E-state index contributed by atoms with van der Waals surface area (Å²) in [4.78, 5) is 16.6. The Bertz CT molecular complexity index is 259. The molecule has 0 unspecified atom stereocenters. The third kappa shape index (κ3) is 1.76. The van der Waals surface area contributed by atoms with Gasteiger partial charge in [0.2, 0.25) is 5.91 Å². The highest BCUT2D eigenvalue weighted by atomic mass is 16.2. The zero-order valence-corrected chi connectivity index (χ0v) is 9.11. The molecule has 2 aliphatic heterocycles. The lowest BCUT2D eigenvalue weighted by Crippen LogP contribution is -2.51. The minimum atomic E-state index is 0.202. The maximum absolute atomic E-state index is 12.2. The molecule has 0 aromatic carbocycles. The molecule has 3 aliphatic rings. The molecule has 2 heterocycles. The Kier molecular flexibility index (Phi) is 2.41. The lowest BCUT2D eigenvalue weighted by Gasteiger charge is -2.31. The van der Waals surface area contributed by atoms with Crippen molar-refractivity contribution in [2.75, 3.05) is 32.7 Å². The summed E-state index contributed by atoms with van der Waals surface area (Å²) in [6.07, 6.45) is 3.52. The van der Waals surface area contributed by atoms with E-state index in [0.717, 1.165) is 39.1 Å². The van der Waals surface area contributed by atoms with Crippen LogP contribution in [0.4, 0.5) is 0 Å². The van der Waals surface area contributed by atoms with Gasteiger partial charge in [0, 0.05) is 38.8 Å². The Labute approximate surface area is 90.6 Å². The number of piperazine rings is 1. The third-order valence-electron chi connectivity index (χ3n) is 3.79. The van der Waals surface area contributed by atoms with Gasteiger partial charge in [0.25, 0.3) is 0 Å². The number of carbonyl (C=O) groups is 1.